The van der Waals surface area contributed by atoms with Crippen molar-refractivity contribution in [1.82, 2.24) is 5.32 Å². The SMILES string of the molecule is CCSC(NC(=O)C=CC(=O)O)C(=O)O. The lowest BCUT2D eigenvalue weighted by Gasteiger charge is -2.10. The quantitative estimate of drug-likeness (QED) is 0.437. The fraction of sp³-hybridized carbons (Fsp3) is 0.375. The molecule has 0 aliphatic rings. The van der Waals surface area contributed by atoms with E-state index in [2.05, 4.69) is 5.32 Å². The molecule has 0 spiro atoms. The van der Waals surface area contributed by atoms with Gasteiger partial charge in [-0.05, 0) is 5.75 Å². The number of thioether (sulfide) groups is 1. The van der Waals surface area contributed by atoms with Crippen molar-refractivity contribution in [1.29, 1.82) is 0 Å². The Morgan fingerprint density at radius 2 is 1.93 bits per heavy atom. The summed E-state index contributed by atoms with van der Waals surface area (Å²) in [5.41, 5.74) is 0. The zero-order valence-electron chi connectivity index (χ0n) is 7.97. The van der Waals surface area contributed by atoms with Gasteiger partial charge in [-0.3, -0.25) is 4.79 Å². The van der Waals surface area contributed by atoms with Crippen LogP contribution < -0.4 is 5.32 Å². The first kappa shape index (κ1) is 13.5. The van der Waals surface area contributed by atoms with Crippen LogP contribution in [0.2, 0.25) is 0 Å². The van der Waals surface area contributed by atoms with E-state index in [1.807, 2.05) is 0 Å². The van der Waals surface area contributed by atoms with Crippen LogP contribution in [0.4, 0.5) is 0 Å². The molecular weight excluding hydrogens is 222 g/mol. The largest absolute Gasteiger partial charge is 0.479 e. The second-order valence-electron chi connectivity index (χ2n) is 2.35. The van der Waals surface area contributed by atoms with Crippen molar-refractivity contribution in [3.63, 3.8) is 0 Å². The zero-order valence-corrected chi connectivity index (χ0v) is 8.78. The number of rotatable bonds is 6. The predicted octanol–water partition coefficient (Wildman–Crippen LogP) is -0.0928. The van der Waals surface area contributed by atoms with Crippen LogP contribution in [0.25, 0.3) is 0 Å². The summed E-state index contributed by atoms with van der Waals surface area (Å²) >= 11 is 1.03. The Morgan fingerprint density at radius 1 is 1.33 bits per heavy atom. The van der Waals surface area contributed by atoms with E-state index >= 15 is 0 Å². The maximum Gasteiger partial charge on any atom is 0.336 e. The third-order valence-electron chi connectivity index (χ3n) is 1.21. The molecule has 6 nitrogen and oxygen atoms in total. The lowest BCUT2D eigenvalue weighted by molar-refractivity contribution is -0.138. The van der Waals surface area contributed by atoms with Gasteiger partial charge in [0.05, 0.1) is 0 Å². The Kier molecular flexibility index (Phi) is 6.19. The highest BCUT2D eigenvalue weighted by atomic mass is 32.2. The van der Waals surface area contributed by atoms with E-state index in [4.69, 9.17) is 10.2 Å². The Bertz CT molecular complexity index is 289. The summed E-state index contributed by atoms with van der Waals surface area (Å²) in [4.78, 5) is 31.6. The van der Waals surface area contributed by atoms with E-state index in [1.54, 1.807) is 6.92 Å². The van der Waals surface area contributed by atoms with Crippen molar-refractivity contribution in [3.8, 4) is 0 Å². The minimum Gasteiger partial charge on any atom is -0.479 e. The van der Waals surface area contributed by atoms with E-state index in [0.29, 0.717) is 11.8 Å². The molecule has 1 unspecified atom stereocenters. The highest BCUT2D eigenvalue weighted by molar-refractivity contribution is 8.00. The maximum atomic E-state index is 11.0. The predicted molar refractivity (Wildman–Crippen MR) is 54.5 cm³/mol. The van der Waals surface area contributed by atoms with E-state index < -0.39 is 23.2 Å². The highest BCUT2D eigenvalue weighted by Gasteiger charge is 2.18. The summed E-state index contributed by atoms with van der Waals surface area (Å²) < 4.78 is 0. The van der Waals surface area contributed by atoms with Crippen molar-refractivity contribution in [3.05, 3.63) is 12.2 Å². The van der Waals surface area contributed by atoms with Gasteiger partial charge < -0.3 is 15.5 Å². The van der Waals surface area contributed by atoms with Gasteiger partial charge in [0, 0.05) is 12.2 Å². The zero-order chi connectivity index (χ0) is 11.8. The fourth-order valence-electron chi connectivity index (χ4n) is 0.666. The maximum absolute atomic E-state index is 11.0. The van der Waals surface area contributed by atoms with Crippen LogP contribution in [0.5, 0.6) is 0 Å². The molecule has 0 saturated heterocycles. The Labute approximate surface area is 90.4 Å². The molecule has 1 atom stereocenters. The summed E-state index contributed by atoms with van der Waals surface area (Å²) in [7, 11) is 0. The minimum atomic E-state index is -1.26. The van der Waals surface area contributed by atoms with E-state index in [1.165, 1.54) is 0 Å². The topological polar surface area (TPSA) is 104 Å². The molecule has 0 fully saturated rings. The third-order valence-corrected chi connectivity index (χ3v) is 2.19. The molecule has 0 aromatic carbocycles. The van der Waals surface area contributed by atoms with Gasteiger partial charge in [-0.25, -0.2) is 9.59 Å². The molecule has 0 bridgehead atoms. The first-order chi connectivity index (χ1) is 6.97. The number of carboxylic acid groups (broad SMARTS) is 2. The molecular formula is C8H11NO5S. The van der Waals surface area contributed by atoms with Crippen LogP contribution in [0, 0.1) is 0 Å². The van der Waals surface area contributed by atoms with Crippen molar-refractivity contribution < 1.29 is 24.6 Å². The molecule has 7 heteroatoms. The molecule has 0 rings (SSSR count). The monoisotopic (exact) mass is 233 g/mol. The molecule has 0 aromatic rings. The average molecular weight is 233 g/mol. The highest BCUT2D eigenvalue weighted by Crippen LogP contribution is 2.07. The van der Waals surface area contributed by atoms with E-state index in [0.717, 1.165) is 17.8 Å². The van der Waals surface area contributed by atoms with Crippen molar-refractivity contribution >= 4 is 29.6 Å². The molecule has 0 aromatic heterocycles. The van der Waals surface area contributed by atoms with Gasteiger partial charge in [0.1, 0.15) is 0 Å². The van der Waals surface area contributed by atoms with Crippen molar-refractivity contribution in [2.75, 3.05) is 5.75 Å². The smallest absolute Gasteiger partial charge is 0.336 e. The Hall–Kier alpha value is -1.50. The number of aliphatic carboxylic acids is 2. The number of carbonyl (C=O) groups excluding carboxylic acids is 1. The van der Waals surface area contributed by atoms with Gasteiger partial charge in [0.2, 0.25) is 5.91 Å². The summed E-state index contributed by atoms with van der Waals surface area (Å²) in [5.74, 6) is -2.65. The first-order valence-electron chi connectivity index (χ1n) is 4.03. The van der Waals surface area contributed by atoms with Gasteiger partial charge in [-0.1, -0.05) is 6.92 Å². The van der Waals surface area contributed by atoms with Gasteiger partial charge in [0.25, 0.3) is 0 Å². The van der Waals surface area contributed by atoms with E-state index in [-0.39, 0.29) is 0 Å². The van der Waals surface area contributed by atoms with Crippen molar-refractivity contribution in [2.24, 2.45) is 0 Å². The van der Waals surface area contributed by atoms with Crippen molar-refractivity contribution in [2.45, 2.75) is 12.3 Å². The number of hydrogen-bond donors (Lipinski definition) is 3. The number of nitrogens with one attached hydrogen (secondary N) is 1. The normalized spacial score (nSPS) is 12.3. The van der Waals surface area contributed by atoms with Gasteiger partial charge in [-0.15, -0.1) is 11.8 Å². The van der Waals surface area contributed by atoms with Gasteiger partial charge >= 0.3 is 11.9 Å². The fourth-order valence-corrected chi connectivity index (χ4v) is 1.34. The van der Waals surface area contributed by atoms with Crippen LogP contribution in [-0.4, -0.2) is 39.2 Å². The van der Waals surface area contributed by atoms with E-state index in [9.17, 15) is 14.4 Å². The Morgan fingerprint density at radius 3 is 2.33 bits per heavy atom. The molecule has 0 radical (unpaired) electrons. The van der Waals surface area contributed by atoms with Crippen LogP contribution >= 0.6 is 11.8 Å². The number of carbonyl (C=O) groups is 3. The second-order valence-corrected chi connectivity index (χ2v) is 3.74. The molecule has 84 valence electrons. The molecule has 15 heavy (non-hydrogen) atoms. The standard InChI is InChI=1S/C8H11NO5S/c1-2-15-7(8(13)14)9-5(10)3-4-6(11)12/h3-4,7H,2H2,1H3,(H,9,10)(H,11,12)(H,13,14). The van der Waals surface area contributed by atoms with Gasteiger partial charge in [-0.2, -0.15) is 0 Å². The minimum absolute atomic E-state index is 0.528. The first-order valence-corrected chi connectivity index (χ1v) is 5.08. The molecule has 0 aliphatic carbocycles. The van der Waals surface area contributed by atoms with Crippen LogP contribution in [0.15, 0.2) is 12.2 Å². The summed E-state index contributed by atoms with van der Waals surface area (Å²) in [6.45, 7) is 1.75. The number of hydrogen-bond acceptors (Lipinski definition) is 4. The lowest BCUT2D eigenvalue weighted by atomic mass is 10.4. The molecule has 0 saturated carbocycles. The Balaban J connectivity index is 4.23. The molecule has 0 aliphatic heterocycles. The second kappa shape index (κ2) is 6.88. The van der Waals surface area contributed by atoms with Crippen LogP contribution in [0.3, 0.4) is 0 Å². The van der Waals surface area contributed by atoms with Crippen LogP contribution in [0.1, 0.15) is 6.92 Å². The lowest BCUT2D eigenvalue weighted by Crippen LogP contribution is -2.37. The third kappa shape index (κ3) is 6.55. The van der Waals surface area contributed by atoms with Gasteiger partial charge in [0.15, 0.2) is 5.37 Å². The molecule has 0 heterocycles. The van der Waals surface area contributed by atoms with Crippen LogP contribution in [-0.2, 0) is 14.4 Å². The summed E-state index contributed by atoms with van der Waals surface area (Å²) in [5, 5.41) is 18.0. The molecule has 3 N–H and O–H groups in total. The number of amides is 1. The molecule has 1 amide bonds. The summed E-state index contributed by atoms with van der Waals surface area (Å²) in [6, 6.07) is 0. The average Bonchev–Trinajstić information content (AvgIpc) is 2.14. The number of carboxylic acids is 2. The summed E-state index contributed by atoms with van der Waals surface area (Å²) in [6.07, 6.45) is 1.42.